The quantitative estimate of drug-likeness (QED) is 0.615. The van der Waals surface area contributed by atoms with E-state index >= 15 is 0 Å². The van der Waals surface area contributed by atoms with Crippen LogP contribution >= 0.6 is 0 Å². The van der Waals surface area contributed by atoms with Crippen LogP contribution in [0.2, 0.25) is 0 Å². The van der Waals surface area contributed by atoms with E-state index in [1.807, 2.05) is 38.4 Å². The van der Waals surface area contributed by atoms with E-state index in [0.717, 1.165) is 5.56 Å². The Hall–Kier alpha value is -2.62. The molecule has 0 atom stereocenters. The van der Waals surface area contributed by atoms with Crippen molar-refractivity contribution < 1.29 is 4.42 Å². The van der Waals surface area contributed by atoms with E-state index in [4.69, 9.17) is 4.42 Å². The molecule has 0 bridgehead atoms. The van der Waals surface area contributed by atoms with Crippen LogP contribution in [0.3, 0.4) is 0 Å². The summed E-state index contributed by atoms with van der Waals surface area (Å²) >= 11 is 0. The first kappa shape index (κ1) is 13.8. The molecule has 1 aromatic heterocycles. The first-order valence-corrected chi connectivity index (χ1v) is 6.29. The SMILES string of the molecule is CN(C)c1ccc(C=CC=N/N=C/c2ccco2)cc1. The van der Waals surface area contributed by atoms with Crippen molar-refractivity contribution in [3.05, 3.63) is 60.1 Å². The lowest BCUT2D eigenvalue weighted by Crippen LogP contribution is -2.07. The van der Waals surface area contributed by atoms with E-state index in [1.165, 1.54) is 5.69 Å². The lowest BCUT2D eigenvalue weighted by molar-refractivity contribution is 0.560. The average molecular weight is 267 g/mol. The number of hydrogen-bond donors (Lipinski definition) is 0. The Labute approximate surface area is 118 Å². The molecule has 0 N–H and O–H groups in total. The van der Waals surface area contributed by atoms with Gasteiger partial charge >= 0.3 is 0 Å². The summed E-state index contributed by atoms with van der Waals surface area (Å²) < 4.78 is 5.09. The Morgan fingerprint density at radius 1 is 1.05 bits per heavy atom. The highest BCUT2D eigenvalue weighted by Gasteiger charge is 1.92. The summed E-state index contributed by atoms with van der Waals surface area (Å²) in [6.45, 7) is 0. The van der Waals surface area contributed by atoms with E-state index < -0.39 is 0 Å². The van der Waals surface area contributed by atoms with Crippen LogP contribution in [0.25, 0.3) is 6.08 Å². The second-order valence-corrected chi connectivity index (χ2v) is 4.37. The van der Waals surface area contributed by atoms with E-state index in [0.29, 0.717) is 5.76 Å². The van der Waals surface area contributed by atoms with E-state index in [9.17, 15) is 0 Å². The van der Waals surface area contributed by atoms with Gasteiger partial charge in [-0.1, -0.05) is 18.2 Å². The minimum atomic E-state index is 0.686. The zero-order valence-electron chi connectivity index (χ0n) is 11.6. The van der Waals surface area contributed by atoms with Crippen LogP contribution in [0.5, 0.6) is 0 Å². The summed E-state index contributed by atoms with van der Waals surface area (Å²) in [7, 11) is 4.04. The summed E-state index contributed by atoms with van der Waals surface area (Å²) in [6.07, 6.45) is 8.63. The Morgan fingerprint density at radius 3 is 2.50 bits per heavy atom. The van der Waals surface area contributed by atoms with Crippen LogP contribution in [0.15, 0.2) is 63.4 Å². The number of nitrogens with zero attached hydrogens (tertiary/aromatic N) is 3. The molecule has 0 saturated carbocycles. The first-order valence-electron chi connectivity index (χ1n) is 6.29. The van der Waals surface area contributed by atoms with E-state index in [2.05, 4.69) is 39.4 Å². The third-order valence-electron chi connectivity index (χ3n) is 2.65. The van der Waals surface area contributed by atoms with Gasteiger partial charge in [0, 0.05) is 26.0 Å². The number of hydrogen-bond acceptors (Lipinski definition) is 4. The normalized spacial score (nSPS) is 11.9. The topological polar surface area (TPSA) is 41.1 Å². The van der Waals surface area contributed by atoms with Crippen LogP contribution < -0.4 is 4.90 Å². The van der Waals surface area contributed by atoms with Crippen molar-refractivity contribution in [1.29, 1.82) is 0 Å². The fraction of sp³-hybridized carbons (Fsp3) is 0.125. The molecule has 0 unspecified atom stereocenters. The Bertz CT molecular complexity index is 593. The summed E-state index contributed by atoms with van der Waals surface area (Å²) in [6, 6.07) is 11.9. The Kier molecular flexibility index (Phi) is 4.89. The van der Waals surface area contributed by atoms with Gasteiger partial charge in [0.15, 0.2) is 0 Å². The minimum Gasteiger partial charge on any atom is -0.463 e. The van der Waals surface area contributed by atoms with E-state index in [-0.39, 0.29) is 0 Å². The minimum absolute atomic E-state index is 0.686. The number of anilines is 1. The maximum absolute atomic E-state index is 5.09. The molecule has 4 heteroatoms. The molecule has 0 aliphatic rings. The van der Waals surface area contributed by atoms with Crippen molar-refractivity contribution in [2.24, 2.45) is 10.2 Å². The van der Waals surface area contributed by atoms with Gasteiger partial charge in [-0.15, -0.1) is 0 Å². The van der Waals surface area contributed by atoms with Crippen molar-refractivity contribution in [3.8, 4) is 0 Å². The molecule has 0 aliphatic carbocycles. The standard InChI is InChI=1S/C16H17N3O/c1-19(2)15-9-7-14(8-10-15)5-3-11-17-18-13-16-6-4-12-20-16/h3-13H,1-2H3/b5-3?,17-11?,18-13+. The fourth-order valence-electron chi connectivity index (χ4n) is 1.57. The fourth-order valence-corrected chi connectivity index (χ4v) is 1.57. The number of allylic oxidation sites excluding steroid dienone is 1. The number of benzene rings is 1. The first-order chi connectivity index (χ1) is 9.75. The van der Waals surface area contributed by atoms with Crippen LogP contribution in [0, 0.1) is 0 Å². The Balaban J connectivity index is 1.86. The summed E-state index contributed by atoms with van der Waals surface area (Å²) in [5.41, 5.74) is 2.30. The molecule has 1 heterocycles. The second-order valence-electron chi connectivity index (χ2n) is 4.37. The van der Waals surface area contributed by atoms with E-state index in [1.54, 1.807) is 18.7 Å². The van der Waals surface area contributed by atoms with Crippen molar-refractivity contribution in [2.75, 3.05) is 19.0 Å². The highest BCUT2D eigenvalue weighted by molar-refractivity contribution is 5.80. The highest BCUT2D eigenvalue weighted by Crippen LogP contribution is 2.12. The summed E-state index contributed by atoms with van der Waals surface area (Å²) in [5, 5.41) is 7.77. The van der Waals surface area contributed by atoms with Crippen LogP contribution in [0.4, 0.5) is 5.69 Å². The Morgan fingerprint density at radius 2 is 1.85 bits per heavy atom. The van der Waals surface area contributed by atoms with Gasteiger partial charge in [-0.25, -0.2) is 0 Å². The highest BCUT2D eigenvalue weighted by atomic mass is 16.3. The maximum atomic E-state index is 5.09. The zero-order chi connectivity index (χ0) is 14.2. The van der Waals surface area contributed by atoms with Crippen molar-refractivity contribution in [3.63, 3.8) is 0 Å². The lowest BCUT2D eigenvalue weighted by Gasteiger charge is -2.11. The molecular formula is C16H17N3O. The van der Waals surface area contributed by atoms with Gasteiger partial charge in [0.1, 0.15) is 5.76 Å². The molecule has 0 amide bonds. The maximum Gasteiger partial charge on any atom is 0.146 e. The lowest BCUT2D eigenvalue weighted by atomic mass is 10.2. The van der Waals surface area contributed by atoms with Crippen LogP contribution in [0.1, 0.15) is 11.3 Å². The molecule has 1 aromatic carbocycles. The van der Waals surface area contributed by atoms with Crippen molar-refractivity contribution in [2.45, 2.75) is 0 Å². The van der Waals surface area contributed by atoms with Gasteiger partial charge in [-0.05, 0) is 35.9 Å². The molecule has 4 nitrogen and oxygen atoms in total. The largest absolute Gasteiger partial charge is 0.463 e. The monoisotopic (exact) mass is 267 g/mol. The average Bonchev–Trinajstić information content (AvgIpc) is 2.96. The molecule has 2 rings (SSSR count). The smallest absolute Gasteiger partial charge is 0.146 e. The van der Waals surface area contributed by atoms with Crippen molar-refractivity contribution in [1.82, 2.24) is 0 Å². The molecule has 20 heavy (non-hydrogen) atoms. The van der Waals surface area contributed by atoms with Gasteiger partial charge in [0.2, 0.25) is 0 Å². The van der Waals surface area contributed by atoms with Gasteiger partial charge in [0.05, 0.1) is 12.5 Å². The molecule has 0 fully saturated rings. The van der Waals surface area contributed by atoms with Gasteiger partial charge in [-0.3, -0.25) is 0 Å². The number of rotatable bonds is 5. The van der Waals surface area contributed by atoms with Gasteiger partial charge < -0.3 is 9.32 Å². The van der Waals surface area contributed by atoms with Crippen molar-refractivity contribution >= 4 is 24.2 Å². The van der Waals surface area contributed by atoms with Gasteiger partial charge in [0.25, 0.3) is 0 Å². The molecule has 2 aromatic rings. The third kappa shape index (κ3) is 4.24. The zero-order valence-corrected chi connectivity index (χ0v) is 11.6. The third-order valence-corrected chi connectivity index (χ3v) is 2.65. The molecule has 0 saturated heterocycles. The van der Waals surface area contributed by atoms with Gasteiger partial charge in [-0.2, -0.15) is 10.2 Å². The second kappa shape index (κ2) is 7.09. The van der Waals surface area contributed by atoms with Crippen LogP contribution in [-0.4, -0.2) is 26.5 Å². The number of furan rings is 1. The molecule has 0 aliphatic heterocycles. The molecule has 0 radical (unpaired) electrons. The van der Waals surface area contributed by atoms with Crippen LogP contribution in [-0.2, 0) is 0 Å². The molecule has 0 spiro atoms. The summed E-state index contributed by atoms with van der Waals surface area (Å²) in [5.74, 6) is 0.686. The summed E-state index contributed by atoms with van der Waals surface area (Å²) in [4.78, 5) is 2.07. The predicted octanol–water partition coefficient (Wildman–Crippen LogP) is 3.46. The molecular weight excluding hydrogens is 250 g/mol. The molecule has 102 valence electrons. The predicted molar refractivity (Wildman–Crippen MR) is 84.6 cm³/mol.